The van der Waals surface area contributed by atoms with Gasteiger partial charge >= 0.3 is 0 Å². The van der Waals surface area contributed by atoms with Crippen molar-refractivity contribution in [1.29, 1.82) is 5.41 Å². The standard InChI is InChI=1S/C12H13ClN6O/c1-2-8-10(14)20-5-3-4-19-11-7(9(13)18-19)6-15-12(16-8)17-11/h2,6,14H,3-5H2,1H3,(H,15,16,17). The summed E-state index contributed by atoms with van der Waals surface area (Å²) in [6.45, 7) is 2.87. The van der Waals surface area contributed by atoms with Crippen LogP contribution in [0.5, 0.6) is 0 Å². The number of fused-ring (bicyclic) bond motifs is 1. The van der Waals surface area contributed by atoms with Crippen LogP contribution in [0, 0.1) is 5.41 Å². The topological polar surface area (TPSA) is 88.7 Å². The predicted octanol–water partition coefficient (Wildman–Crippen LogP) is 2.19. The third-order valence-corrected chi connectivity index (χ3v) is 3.26. The van der Waals surface area contributed by atoms with E-state index in [1.807, 2.05) is 6.92 Å². The fourth-order valence-corrected chi connectivity index (χ4v) is 2.21. The van der Waals surface area contributed by atoms with Gasteiger partial charge in [-0.3, -0.25) is 5.41 Å². The highest BCUT2D eigenvalue weighted by atomic mass is 35.5. The minimum Gasteiger partial charge on any atom is -0.477 e. The molecule has 3 rings (SSSR count). The van der Waals surface area contributed by atoms with Crippen molar-refractivity contribution in [1.82, 2.24) is 19.7 Å². The molecule has 2 aromatic rings. The third kappa shape index (κ3) is 2.20. The zero-order chi connectivity index (χ0) is 14.1. The summed E-state index contributed by atoms with van der Waals surface area (Å²) in [5.74, 6) is 0.465. The van der Waals surface area contributed by atoms with Crippen molar-refractivity contribution >= 4 is 34.5 Å². The number of hydrogen-bond acceptors (Lipinski definition) is 6. The molecule has 0 atom stereocenters. The number of halogens is 1. The minimum absolute atomic E-state index is 0.0776. The summed E-state index contributed by atoms with van der Waals surface area (Å²) in [6, 6.07) is 0. The van der Waals surface area contributed by atoms with E-state index < -0.39 is 0 Å². The van der Waals surface area contributed by atoms with Gasteiger partial charge in [-0.2, -0.15) is 10.1 Å². The average molecular weight is 293 g/mol. The van der Waals surface area contributed by atoms with Crippen LogP contribution in [-0.2, 0) is 11.3 Å². The molecule has 0 amide bonds. The summed E-state index contributed by atoms with van der Waals surface area (Å²) in [5.41, 5.74) is 1.21. The lowest BCUT2D eigenvalue weighted by atomic mass is 10.4. The van der Waals surface area contributed by atoms with E-state index in [1.165, 1.54) is 0 Å². The predicted molar refractivity (Wildman–Crippen MR) is 76.0 cm³/mol. The fourth-order valence-electron chi connectivity index (χ4n) is 1.99. The van der Waals surface area contributed by atoms with Crippen LogP contribution in [0.25, 0.3) is 11.0 Å². The summed E-state index contributed by atoms with van der Waals surface area (Å²) >= 11 is 6.07. The molecule has 0 spiro atoms. The molecule has 1 aliphatic rings. The van der Waals surface area contributed by atoms with Gasteiger partial charge in [0.15, 0.2) is 10.8 Å². The van der Waals surface area contributed by atoms with Crippen molar-refractivity contribution in [2.75, 3.05) is 11.9 Å². The van der Waals surface area contributed by atoms with E-state index in [4.69, 9.17) is 21.7 Å². The molecule has 7 nitrogen and oxygen atoms in total. The summed E-state index contributed by atoms with van der Waals surface area (Å²) in [6.07, 6.45) is 4.09. The van der Waals surface area contributed by atoms with Crippen LogP contribution < -0.4 is 5.32 Å². The summed E-state index contributed by atoms with van der Waals surface area (Å²) in [4.78, 5) is 8.60. The van der Waals surface area contributed by atoms with Crippen molar-refractivity contribution in [2.45, 2.75) is 19.9 Å². The monoisotopic (exact) mass is 292 g/mol. The van der Waals surface area contributed by atoms with Crippen LogP contribution >= 0.6 is 11.6 Å². The van der Waals surface area contributed by atoms with Crippen LogP contribution in [0.3, 0.4) is 0 Å². The van der Waals surface area contributed by atoms with E-state index in [2.05, 4.69) is 20.4 Å². The van der Waals surface area contributed by atoms with Crippen molar-refractivity contribution in [3.63, 3.8) is 0 Å². The van der Waals surface area contributed by atoms with Gasteiger partial charge in [-0.1, -0.05) is 17.7 Å². The molecule has 0 fully saturated rings. The van der Waals surface area contributed by atoms with Crippen molar-refractivity contribution in [3.8, 4) is 0 Å². The van der Waals surface area contributed by atoms with Gasteiger partial charge in [0.05, 0.1) is 17.7 Å². The maximum atomic E-state index is 7.86. The molecular formula is C12H13ClN6O. The highest BCUT2D eigenvalue weighted by Gasteiger charge is 2.15. The summed E-state index contributed by atoms with van der Waals surface area (Å²) < 4.78 is 7.11. The van der Waals surface area contributed by atoms with Crippen molar-refractivity contribution < 1.29 is 4.74 Å². The molecule has 2 N–H and O–H groups in total. The number of allylic oxidation sites excluding steroid dienone is 1. The molecule has 0 saturated heterocycles. The van der Waals surface area contributed by atoms with E-state index in [-0.39, 0.29) is 5.90 Å². The number of aromatic nitrogens is 4. The molecule has 0 saturated carbocycles. The maximum absolute atomic E-state index is 7.86. The number of nitrogens with zero attached hydrogens (tertiary/aromatic N) is 4. The number of anilines is 1. The van der Waals surface area contributed by atoms with Crippen molar-refractivity contribution in [2.24, 2.45) is 0 Å². The van der Waals surface area contributed by atoms with E-state index >= 15 is 0 Å². The van der Waals surface area contributed by atoms with E-state index in [0.717, 1.165) is 5.39 Å². The summed E-state index contributed by atoms with van der Waals surface area (Å²) in [5, 5.41) is 16.2. The Morgan fingerprint density at radius 3 is 3.20 bits per heavy atom. The maximum Gasteiger partial charge on any atom is 0.229 e. The summed E-state index contributed by atoms with van der Waals surface area (Å²) in [7, 11) is 0. The Morgan fingerprint density at radius 2 is 2.40 bits per heavy atom. The van der Waals surface area contributed by atoms with Gasteiger partial charge in [0.2, 0.25) is 11.8 Å². The second-order valence-electron chi connectivity index (χ2n) is 4.30. The molecule has 1 aliphatic heterocycles. The zero-order valence-electron chi connectivity index (χ0n) is 10.9. The number of nitrogens with one attached hydrogen (secondary N) is 2. The van der Waals surface area contributed by atoms with Crippen LogP contribution in [0.2, 0.25) is 5.15 Å². The second kappa shape index (κ2) is 5.09. The zero-order valence-corrected chi connectivity index (χ0v) is 11.6. The largest absolute Gasteiger partial charge is 0.477 e. The van der Waals surface area contributed by atoms with Crippen LogP contribution in [0.4, 0.5) is 5.95 Å². The lowest BCUT2D eigenvalue weighted by Crippen LogP contribution is -2.15. The Labute approximate surface area is 120 Å². The SMILES string of the molecule is CC=C1Nc2ncc3c(Cl)nn(c3n2)CCCOC1=N. The molecule has 20 heavy (non-hydrogen) atoms. The molecule has 2 aromatic heterocycles. The Kier molecular flexibility index (Phi) is 3.27. The first-order valence-electron chi connectivity index (χ1n) is 6.23. The van der Waals surface area contributed by atoms with Gasteiger partial charge < -0.3 is 10.1 Å². The number of aryl methyl sites for hydroxylation is 1. The van der Waals surface area contributed by atoms with Gasteiger partial charge in [-0.05, 0) is 6.92 Å². The van der Waals surface area contributed by atoms with Gasteiger partial charge in [0.25, 0.3) is 0 Å². The van der Waals surface area contributed by atoms with E-state index in [1.54, 1.807) is 17.0 Å². The molecule has 3 heterocycles. The molecular weight excluding hydrogens is 280 g/mol. The molecule has 0 radical (unpaired) electrons. The quantitative estimate of drug-likeness (QED) is 0.777. The number of rotatable bonds is 0. The number of ether oxygens (including phenoxy) is 1. The first-order chi connectivity index (χ1) is 9.69. The van der Waals surface area contributed by atoms with E-state index in [9.17, 15) is 0 Å². The minimum atomic E-state index is 0.0776. The normalized spacial score (nSPS) is 17.9. The van der Waals surface area contributed by atoms with Crippen LogP contribution in [-0.4, -0.2) is 32.3 Å². The van der Waals surface area contributed by atoms with Gasteiger partial charge in [-0.15, -0.1) is 0 Å². The Balaban J connectivity index is 2.11. The highest BCUT2D eigenvalue weighted by Crippen LogP contribution is 2.22. The Bertz CT molecular complexity index is 707. The molecule has 0 unspecified atom stereocenters. The van der Waals surface area contributed by atoms with Gasteiger partial charge in [0, 0.05) is 19.2 Å². The Morgan fingerprint density at radius 1 is 1.55 bits per heavy atom. The smallest absolute Gasteiger partial charge is 0.229 e. The van der Waals surface area contributed by atoms with Gasteiger partial charge in [-0.25, -0.2) is 9.67 Å². The first kappa shape index (κ1) is 12.9. The highest BCUT2D eigenvalue weighted by molar-refractivity contribution is 6.34. The van der Waals surface area contributed by atoms with Gasteiger partial charge in [0.1, 0.15) is 0 Å². The Hall–Kier alpha value is -2.15. The van der Waals surface area contributed by atoms with Crippen LogP contribution in [0.15, 0.2) is 18.0 Å². The van der Waals surface area contributed by atoms with Crippen molar-refractivity contribution in [3.05, 3.63) is 23.1 Å². The molecule has 0 aromatic carbocycles. The van der Waals surface area contributed by atoms with Crippen LogP contribution in [0.1, 0.15) is 13.3 Å². The lowest BCUT2D eigenvalue weighted by molar-refractivity contribution is 0.285. The average Bonchev–Trinajstić information content (AvgIpc) is 2.75. The molecule has 104 valence electrons. The lowest BCUT2D eigenvalue weighted by Gasteiger charge is -2.10. The first-order valence-corrected chi connectivity index (χ1v) is 6.61. The fraction of sp³-hybridized carbons (Fsp3) is 0.333. The second-order valence-corrected chi connectivity index (χ2v) is 4.66. The third-order valence-electron chi connectivity index (χ3n) is 2.98. The molecule has 8 heteroatoms. The van der Waals surface area contributed by atoms with E-state index in [0.29, 0.717) is 42.0 Å². The molecule has 2 bridgehead atoms. The number of hydrogen-bond donors (Lipinski definition) is 2. The molecule has 0 aliphatic carbocycles.